The maximum atomic E-state index is 13.3. The van der Waals surface area contributed by atoms with Gasteiger partial charge in [-0.2, -0.15) is 0 Å². The lowest BCUT2D eigenvalue weighted by molar-refractivity contribution is -0.0605. The number of ether oxygens (including phenoxy) is 1. The minimum Gasteiger partial charge on any atom is -0.367 e. The highest BCUT2D eigenvalue weighted by Crippen LogP contribution is 2.25. The van der Waals surface area contributed by atoms with Gasteiger partial charge < -0.3 is 24.8 Å². The van der Waals surface area contributed by atoms with Gasteiger partial charge in [-0.05, 0) is 50.6 Å². The molecule has 1 aromatic rings. The standard InChI is InChI=1S/C23H38FN5O/c1-4-27-13-15-28(16-14-27)12-6-5-11-26-23(25-3)29-17-19(2)30-22(18-29)20-7-9-21(24)10-8-20/h7-10,19,22H,4-6,11-18H2,1-3H3,(H,25,26). The van der Waals surface area contributed by atoms with Gasteiger partial charge in [0.2, 0.25) is 0 Å². The Kier molecular flexibility index (Phi) is 8.90. The molecular formula is C23H38FN5O. The molecule has 2 aliphatic heterocycles. The Bertz CT molecular complexity index is 660. The van der Waals surface area contributed by atoms with Crippen molar-refractivity contribution in [2.24, 2.45) is 4.99 Å². The third-order valence-corrected chi connectivity index (χ3v) is 6.11. The Morgan fingerprint density at radius 1 is 1.10 bits per heavy atom. The highest BCUT2D eigenvalue weighted by atomic mass is 19.1. The maximum Gasteiger partial charge on any atom is 0.193 e. The Balaban J connectivity index is 1.41. The highest BCUT2D eigenvalue weighted by Gasteiger charge is 2.28. The Morgan fingerprint density at radius 2 is 1.80 bits per heavy atom. The van der Waals surface area contributed by atoms with Crippen molar-refractivity contribution in [2.75, 3.05) is 66.0 Å². The number of halogens is 1. The van der Waals surface area contributed by atoms with Crippen molar-refractivity contribution in [1.82, 2.24) is 20.0 Å². The number of aliphatic imine (C=N–C) groups is 1. The number of nitrogens with zero attached hydrogens (tertiary/aromatic N) is 4. The monoisotopic (exact) mass is 419 g/mol. The van der Waals surface area contributed by atoms with E-state index >= 15 is 0 Å². The van der Waals surface area contributed by atoms with Gasteiger partial charge in [0.15, 0.2) is 5.96 Å². The smallest absolute Gasteiger partial charge is 0.193 e. The molecule has 0 aromatic heterocycles. The van der Waals surface area contributed by atoms with Gasteiger partial charge in [-0.25, -0.2) is 4.39 Å². The first-order valence-electron chi connectivity index (χ1n) is 11.4. The quantitative estimate of drug-likeness (QED) is 0.418. The van der Waals surface area contributed by atoms with Crippen LogP contribution in [-0.2, 0) is 4.74 Å². The van der Waals surface area contributed by atoms with Crippen LogP contribution in [0.4, 0.5) is 4.39 Å². The Hall–Kier alpha value is -1.70. The molecule has 3 rings (SSSR count). The lowest BCUT2D eigenvalue weighted by atomic mass is 10.1. The van der Waals surface area contributed by atoms with Crippen LogP contribution in [0, 0.1) is 5.82 Å². The van der Waals surface area contributed by atoms with Gasteiger partial charge in [-0.3, -0.25) is 4.99 Å². The second kappa shape index (κ2) is 11.6. The van der Waals surface area contributed by atoms with E-state index in [1.807, 2.05) is 19.2 Å². The van der Waals surface area contributed by atoms with Crippen molar-refractivity contribution < 1.29 is 9.13 Å². The van der Waals surface area contributed by atoms with E-state index in [4.69, 9.17) is 4.74 Å². The molecule has 2 fully saturated rings. The second-order valence-electron chi connectivity index (χ2n) is 8.35. The van der Waals surface area contributed by atoms with Gasteiger partial charge >= 0.3 is 0 Å². The molecule has 0 saturated carbocycles. The van der Waals surface area contributed by atoms with Crippen LogP contribution in [-0.4, -0.2) is 92.7 Å². The fourth-order valence-electron chi connectivity index (χ4n) is 4.31. The van der Waals surface area contributed by atoms with Gasteiger partial charge in [0.1, 0.15) is 11.9 Å². The molecule has 2 unspecified atom stereocenters. The first-order chi connectivity index (χ1) is 14.6. The van der Waals surface area contributed by atoms with Crippen LogP contribution in [0.2, 0.25) is 0 Å². The molecule has 2 atom stereocenters. The van der Waals surface area contributed by atoms with Crippen LogP contribution in [0.15, 0.2) is 29.3 Å². The number of nitrogens with one attached hydrogen (secondary N) is 1. The van der Waals surface area contributed by atoms with Crippen molar-refractivity contribution in [1.29, 1.82) is 0 Å². The van der Waals surface area contributed by atoms with E-state index in [0.29, 0.717) is 0 Å². The van der Waals surface area contributed by atoms with E-state index in [9.17, 15) is 4.39 Å². The summed E-state index contributed by atoms with van der Waals surface area (Å²) >= 11 is 0. The summed E-state index contributed by atoms with van der Waals surface area (Å²) in [4.78, 5) is 11.8. The first-order valence-corrected chi connectivity index (χ1v) is 11.4. The van der Waals surface area contributed by atoms with Crippen LogP contribution in [0.1, 0.15) is 38.4 Å². The summed E-state index contributed by atoms with van der Waals surface area (Å²) in [6, 6.07) is 6.62. The summed E-state index contributed by atoms with van der Waals surface area (Å²) in [5.74, 6) is 0.706. The van der Waals surface area contributed by atoms with Gasteiger partial charge in [-0.15, -0.1) is 0 Å². The van der Waals surface area contributed by atoms with Gasteiger partial charge in [0.05, 0.1) is 12.6 Å². The summed E-state index contributed by atoms with van der Waals surface area (Å²) in [7, 11) is 1.84. The number of piperazine rings is 1. The molecule has 2 heterocycles. The largest absolute Gasteiger partial charge is 0.367 e. The van der Waals surface area contributed by atoms with Gasteiger partial charge in [0.25, 0.3) is 0 Å². The van der Waals surface area contributed by atoms with Gasteiger partial charge in [0, 0.05) is 46.3 Å². The first kappa shape index (κ1) is 23.0. The summed E-state index contributed by atoms with van der Waals surface area (Å²) in [5, 5.41) is 3.53. The average Bonchev–Trinajstić information content (AvgIpc) is 2.76. The topological polar surface area (TPSA) is 43.3 Å². The maximum absolute atomic E-state index is 13.3. The van der Waals surface area contributed by atoms with E-state index in [1.54, 1.807) is 0 Å². The van der Waals surface area contributed by atoms with Crippen molar-refractivity contribution in [3.63, 3.8) is 0 Å². The number of benzene rings is 1. The molecular weight excluding hydrogens is 381 g/mol. The molecule has 0 spiro atoms. The molecule has 6 nitrogen and oxygen atoms in total. The fourth-order valence-corrected chi connectivity index (χ4v) is 4.31. The van der Waals surface area contributed by atoms with Crippen molar-refractivity contribution >= 4 is 5.96 Å². The molecule has 2 saturated heterocycles. The van der Waals surface area contributed by atoms with Crippen LogP contribution in [0.5, 0.6) is 0 Å². The van der Waals surface area contributed by atoms with E-state index in [0.717, 1.165) is 37.6 Å². The predicted molar refractivity (Wildman–Crippen MR) is 120 cm³/mol. The molecule has 0 aliphatic carbocycles. The minimum atomic E-state index is -0.218. The van der Waals surface area contributed by atoms with Crippen LogP contribution >= 0.6 is 0 Å². The summed E-state index contributed by atoms with van der Waals surface area (Å²) in [6.07, 6.45) is 2.35. The molecule has 0 bridgehead atoms. The zero-order chi connectivity index (χ0) is 21.3. The Labute approximate surface area is 181 Å². The summed E-state index contributed by atoms with van der Waals surface area (Å²) in [6.45, 7) is 13.9. The third-order valence-electron chi connectivity index (χ3n) is 6.11. The Morgan fingerprint density at radius 3 is 2.47 bits per heavy atom. The highest BCUT2D eigenvalue weighted by molar-refractivity contribution is 5.80. The zero-order valence-corrected chi connectivity index (χ0v) is 18.8. The number of unbranched alkanes of at least 4 members (excludes halogenated alkanes) is 1. The molecule has 0 radical (unpaired) electrons. The number of hydrogen-bond donors (Lipinski definition) is 1. The van der Waals surface area contributed by atoms with Crippen molar-refractivity contribution in [2.45, 2.75) is 38.9 Å². The van der Waals surface area contributed by atoms with Crippen LogP contribution in [0.25, 0.3) is 0 Å². The fraction of sp³-hybridized carbons (Fsp3) is 0.696. The molecule has 30 heavy (non-hydrogen) atoms. The molecule has 0 amide bonds. The van der Waals surface area contributed by atoms with E-state index in [1.165, 1.54) is 57.8 Å². The molecule has 7 heteroatoms. The summed E-state index contributed by atoms with van der Waals surface area (Å²) < 4.78 is 19.4. The van der Waals surface area contributed by atoms with E-state index in [2.05, 4.69) is 38.9 Å². The van der Waals surface area contributed by atoms with E-state index < -0.39 is 0 Å². The van der Waals surface area contributed by atoms with Gasteiger partial charge in [-0.1, -0.05) is 19.1 Å². The number of likely N-dealkylation sites (N-methyl/N-ethyl adjacent to an activating group) is 1. The number of morpholine rings is 1. The normalized spacial score (nSPS) is 24.3. The number of rotatable bonds is 7. The van der Waals surface area contributed by atoms with Crippen LogP contribution in [0.3, 0.4) is 0 Å². The van der Waals surface area contributed by atoms with Crippen molar-refractivity contribution in [3.8, 4) is 0 Å². The lowest BCUT2D eigenvalue weighted by Gasteiger charge is -2.38. The summed E-state index contributed by atoms with van der Waals surface area (Å²) in [5.41, 5.74) is 1.01. The molecule has 1 aromatic carbocycles. The third kappa shape index (κ3) is 6.65. The predicted octanol–water partition coefficient (Wildman–Crippen LogP) is 2.58. The van der Waals surface area contributed by atoms with E-state index in [-0.39, 0.29) is 18.0 Å². The molecule has 168 valence electrons. The average molecular weight is 420 g/mol. The lowest BCUT2D eigenvalue weighted by Crippen LogP contribution is -2.51. The minimum absolute atomic E-state index is 0.0744. The van der Waals surface area contributed by atoms with Crippen molar-refractivity contribution in [3.05, 3.63) is 35.6 Å². The molecule has 2 aliphatic rings. The molecule has 1 N–H and O–H groups in total. The SMILES string of the molecule is CCN1CCN(CCCCNC(=NC)N2CC(C)OC(c3ccc(F)cc3)C2)CC1. The zero-order valence-electron chi connectivity index (χ0n) is 18.8. The second-order valence-corrected chi connectivity index (χ2v) is 8.35. The van der Waals surface area contributed by atoms with Crippen LogP contribution < -0.4 is 5.32 Å². The number of guanidine groups is 1. The number of hydrogen-bond acceptors (Lipinski definition) is 4.